The van der Waals surface area contributed by atoms with Gasteiger partial charge in [-0.2, -0.15) is 0 Å². The molecule has 1 aliphatic rings. The molecule has 0 saturated heterocycles. The number of carbonyl (C=O) groups is 1. The van der Waals surface area contributed by atoms with Crippen LogP contribution in [0.4, 0.5) is 0 Å². The fourth-order valence-electron chi connectivity index (χ4n) is 3.26. The van der Waals surface area contributed by atoms with E-state index in [-0.39, 0.29) is 11.3 Å². The highest BCUT2D eigenvalue weighted by molar-refractivity contribution is 7.99. The Morgan fingerprint density at radius 3 is 2.70 bits per heavy atom. The lowest BCUT2D eigenvalue weighted by Gasteiger charge is -2.32. The van der Waals surface area contributed by atoms with Gasteiger partial charge in [0.15, 0.2) is 0 Å². The Morgan fingerprint density at radius 1 is 1.17 bits per heavy atom. The number of hydrogen-bond donors (Lipinski definition) is 0. The van der Waals surface area contributed by atoms with Crippen molar-refractivity contribution >= 4 is 18.0 Å². The van der Waals surface area contributed by atoms with Crippen molar-refractivity contribution in [2.45, 2.75) is 49.3 Å². The summed E-state index contributed by atoms with van der Waals surface area (Å²) in [7, 11) is 0. The maximum absolute atomic E-state index is 11.7. The van der Waals surface area contributed by atoms with Crippen molar-refractivity contribution in [3.8, 4) is 0 Å². The summed E-state index contributed by atoms with van der Waals surface area (Å²) in [6.45, 7) is 4.63. The molecule has 1 heterocycles. The molecule has 0 fully saturated rings. The second-order valence-electron chi connectivity index (χ2n) is 7.00. The number of carbonyl (C=O) groups excluding carboxylic acids is 1. The number of fused-ring (bicyclic) bond motifs is 1. The van der Waals surface area contributed by atoms with Crippen LogP contribution in [-0.4, -0.2) is 12.0 Å². The predicted octanol–water partition coefficient (Wildman–Crippen LogP) is 5.38. The second kappa shape index (κ2) is 6.92. The van der Waals surface area contributed by atoms with Gasteiger partial charge in [-0.25, -0.2) is 0 Å². The molecule has 0 spiro atoms. The number of benzene rings is 2. The lowest BCUT2D eigenvalue weighted by Crippen LogP contribution is -2.23. The van der Waals surface area contributed by atoms with Gasteiger partial charge in [0.1, 0.15) is 6.29 Å². The van der Waals surface area contributed by atoms with E-state index in [0.717, 1.165) is 19.1 Å². The van der Waals surface area contributed by atoms with E-state index in [0.29, 0.717) is 0 Å². The van der Waals surface area contributed by atoms with Gasteiger partial charge in [0.05, 0.1) is 0 Å². The molecule has 0 N–H and O–H groups in total. The van der Waals surface area contributed by atoms with Crippen LogP contribution >= 0.6 is 11.8 Å². The molecule has 23 heavy (non-hydrogen) atoms. The van der Waals surface area contributed by atoms with E-state index in [4.69, 9.17) is 0 Å². The quantitative estimate of drug-likeness (QED) is 0.687. The molecule has 1 nitrogen and oxygen atoms in total. The molecule has 2 aromatic rings. The minimum Gasteiger partial charge on any atom is -0.303 e. The average molecular weight is 324 g/mol. The van der Waals surface area contributed by atoms with Crippen molar-refractivity contribution in [2.24, 2.45) is 0 Å². The zero-order chi connectivity index (χ0) is 16.3. The molecule has 1 atom stereocenters. The van der Waals surface area contributed by atoms with E-state index < -0.39 is 0 Å². The van der Waals surface area contributed by atoms with Crippen LogP contribution in [0.5, 0.6) is 0 Å². The van der Waals surface area contributed by atoms with E-state index >= 15 is 0 Å². The first kappa shape index (κ1) is 16.3. The first-order chi connectivity index (χ1) is 11.1. The van der Waals surface area contributed by atoms with Crippen LogP contribution in [0.3, 0.4) is 0 Å². The summed E-state index contributed by atoms with van der Waals surface area (Å²) in [5.41, 5.74) is 4.10. The molecular weight excluding hydrogens is 300 g/mol. The molecule has 0 aliphatic carbocycles. The summed E-state index contributed by atoms with van der Waals surface area (Å²) < 4.78 is 0. The van der Waals surface area contributed by atoms with Crippen LogP contribution in [0.15, 0.2) is 53.4 Å². The highest BCUT2D eigenvalue weighted by atomic mass is 32.2. The molecule has 0 bridgehead atoms. The monoisotopic (exact) mass is 324 g/mol. The summed E-state index contributed by atoms with van der Waals surface area (Å²) >= 11 is 1.94. The third-order valence-corrected chi connectivity index (χ3v) is 5.97. The number of aldehydes is 1. The fourth-order valence-corrected chi connectivity index (χ4v) is 4.75. The first-order valence-corrected chi connectivity index (χ1v) is 9.35. The standard InChI is InChI=1S/C21H24OS/c1-21(2)12-13-23-20-11-10-17(14-19(20)21)18(15-22)9-8-16-6-4-3-5-7-16/h3-7,10-11,14-15,18H,8-9,12-13H2,1-2H3. The molecule has 0 aromatic heterocycles. The normalized spacial score (nSPS) is 17.3. The van der Waals surface area contributed by atoms with Crippen LogP contribution in [-0.2, 0) is 16.6 Å². The van der Waals surface area contributed by atoms with Gasteiger partial charge in [-0.1, -0.05) is 56.3 Å². The van der Waals surface area contributed by atoms with Crippen LogP contribution in [0.1, 0.15) is 49.3 Å². The molecule has 1 unspecified atom stereocenters. The molecule has 1 aliphatic heterocycles. The number of aryl methyl sites for hydroxylation is 1. The van der Waals surface area contributed by atoms with Crippen LogP contribution < -0.4 is 0 Å². The van der Waals surface area contributed by atoms with Crippen LogP contribution in [0.2, 0.25) is 0 Å². The first-order valence-electron chi connectivity index (χ1n) is 8.36. The maximum atomic E-state index is 11.7. The molecule has 2 heteroatoms. The lowest BCUT2D eigenvalue weighted by molar-refractivity contribution is -0.109. The minimum absolute atomic E-state index is 0.0109. The van der Waals surface area contributed by atoms with Crippen molar-refractivity contribution < 1.29 is 4.79 Å². The van der Waals surface area contributed by atoms with E-state index in [2.05, 4.69) is 56.3 Å². The highest BCUT2D eigenvalue weighted by Crippen LogP contribution is 2.42. The summed E-state index contributed by atoms with van der Waals surface area (Å²) in [6, 6.07) is 17.1. The Hall–Kier alpha value is -1.54. The average Bonchev–Trinajstić information content (AvgIpc) is 2.56. The van der Waals surface area contributed by atoms with Crippen LogP contribution in [0, 0.1) is 0 Å². The Kier molecular flexibility index (Phi) is 4.91. The Morgan fingerprint density at radius 2 is 1.96 bits per heavy atom. The SMILES string of the molecule is CC1(C)CCSc2ccc(C(C=O)CCc3ccccc3)cc21. The summed E-state index contributed by atoms with van der Waals surface area (Å²) in [4.78, 5) is 13.0. The highest BCUT2D eigenvalue weighted by Gasteiger charge is 2.28. The summed E-state index contributed by atoms with van der Waals surface area (Å²) in [5, 5.41) is 0. The molecular formula is C21H24OS. The third kappa shape index (κ3) is 3.69. The molecule has 0 amide bonds. The Labute approximate surface area is 143 Å². The second-order valence-corrected chi connectivity index (χ2v) is 8.14. The van der Waals surface area contributed by atoms with Gasteiger partial charge in [0, 0.05) is 10.8 Å². The zero-order valence-corrected chi connectivity index (χ0v) is 14.7. The van der Waals surface area contributed by atoms with Crippen molar-refractivity contribution in [3.63, 3.8) is 0 Å². The van der Waals surface area contributed by atoms with Crippen LogP contribution in [0.25, 0.3) is 0 Å². The van der Waals surface area contributed by atoms with Crippen molar-refractivity contribution in [2.75, 3.05) is 5.75 Å². The largest absolute Gasteiger partial charge is 0.303 e. The molecule has 0 saturated carbocycles. The number of hydrogen-bond acceptors (Lipinski definition) is 2. The van der Waals surface area contributed by atoms with Crippen molar-refractivity contribution in [3.05, 3.63) is 65.2 Å². The van der Waals surface area contributed by atoms with Crippen molar-refractivity contribution in [1.82, 2.24) is 0 Å². The third-order valence-electron chi connectivity index (χ3n) is 4.90. The number of thioether (sulfide) groups is 1. The van der Waals surface area contributed by atoms with Gasteiger partial charge in [-0.3, -0.25) is 0 Å². The zero-order valence-electron chi connectivity index (χ0n) is 13.9. The van der Waals surface area contributed by atoms with E-state index in [9.17, 15) is 4.79 Å². The molecule has 2 aromatic carbocycles. The minimum atomic E-state index is -0.0109. The number of rotatable bonds is 5. The molecule has 120 valence electrons. The fraction of sp³-hybridized carbons (Fsp3) is 0.381. The van der Waals surface area contributed by atoms with E-state index in [1.807, 2.05) is 17.8 Å². The Bertz CT molecular complexity index is 675. The van der Waals surface area contributed by atoms with Crippen molar-refractivity contribution in [1.29, 1.82) is 0 Å². The molecule has 3 rings (SSSR count). The topological polar surface area (TPSA) is 17.1 Å². The summed E-state index contributed by atoms with van der Waals surface area (Å²) in [5.74, 6) is 1.17. The summed E-state index contributed by atoms with van der Waals surface area (Å²) in [6.07, 6.45) is 4.14. The molecule has 0 radical (unpaired) electrons. The van der Waals surface area contributed by atoms with E-state index in [1.165, 1.54) is 33.8 Å². The predicted molar refractivity (Wildman–Crippen MR) is 98.4 cm³/mol. The van der Waals surface area contributed by atoms with Gasteiger partial charge < -0.3 is 4.79 Å². The van der Waals surface area contributed by atoms with Gasteiger partial charge in [0.2, 0.25) is 0 Å². The Balaban J connectivity index is 1.80. The maximum Gasteiger partial charge on any atom is 0.127 e. The van der Waals surface area contributed by atoms with Gasteiger partial charge in [-0.15, -0.1) is 11.8 Å². The van der Waals surface area contributed by atoms with Gasteiger partial charge in [0.25, 0.3) is 0 Å². The van der Waals surface area contributed by atoms with E-state index in [1.54, 1.807) is 0 Å². The van der Waals surface area contributed by atoms with Gasteiger partial charge >= 0.3 is 0 Å². The lowest BCUT2D eigenvalue weighted by atomic mass is 9.80. The smallest absolute Gasteiger partial charge is 0.127 e. The van der Waals surface area contributed by atoms with Gasteiger partial charge in [-0.05, 0) is 53.2 Å².